The number of fused-ring (bicyclic) bond motifs is 1. The molecule has 0 atom stereocenters. The Morgan fingerprint density at radius 2 is 1.76 bits per heavy atom. The lowest BCUT2D eigenvalue weighted by Gasteiger charge is -2.07. The quantitative estimate of drug-likeness (QED) is 0.737. The molecule has 0 radical (unpaired) electrons. The van der Waals surface area contributed by atoms with Gasteiger partial charge in [-0.15, -0.1) is 0 Å². The Hall–Kier alpha value is -3.08. The zero-order valence-corrected chi connectivity index (χ0v) is 14.1. The second kappa shape index (κ2) is 7.66. The average Bonchev–Trinajstić information content (AvgIpc) is 3.06. The predicted molar refractivity (Wildman–Crippen MR) is 98.0 cm³/mol. The minimum Gasteiger partial charge on any atom is -0.494 e. The lowest BCUT2D eigenvalue weighted by atomic mass is 10.2. The van der Waals surface area contributed by atoms with E-state index in [0.29, 0.717) is 12.3 Å². The Bertz CT molecular complexity index is 881. The van der Waals surface area contributed by atoms with Gasteiger partial charge < -0.3 is 10.1 Å². The molecule has 0 aliphatic rings. The molecule has 3 aromatic rings. The largest absolute Gasteiger partial charge is 0.494 e. The van der Waals surface area contributed by atoms with Gasteiger partial charge in [0.05, 0.1) is 12.1 Å². The van der Waals surface area contributed by atoms with E-state index in [2.05, 4.69) is 5.32 Å². The van der Waals surface area contributed by atoms with Crippen LogP contribution in [0.25, 0.3) is 10.9 Å². The van der Waals surface area contributed by atoms with E-state index in [9.17, 15) is 9.59 Å². The van der Waals surface area contributed by atoms with Crippen LogP contribution in [0.4, 0.5) is 5.69 Å². The lowest BCUT2D eigenvalue weighted by Crippen LogP contribution is -2.16. The second-order valence-corrected chi connectivity index (χ2v) is 5.64. The van der Waals surface area contributed by atoms with Crippen molar-refractivity contribution in [2.24, 2.45) is 0 Å². The van der Waals surface area contributed by atoms with Crippen molar-refractivity contribution in [3.05, 3.63) is 60.8 Å². The maximum atomic E-state index is 12.4. The molecule has 0 aliphatic heterocycles. The van der Waals surface area contributed by atoms with Crippen LogP contribution < -0.4 is 10.1 Å². The third kappa shape index (κ3) is 4.07. The number of para-hydroxylation sites is 1. The molecule has 25 heavy (non-hydrogen) atoms. The summed E-state index contributed by atoms with van der Waals surface area (Å²) in [6, 6.07) is 16.7. The molecule has 5 nitrogen and oxygen atoms in total. The fourth-order valence-corrected chi connectivity index (χ4v) is 2.67. The Morgan fingerprint density at radius 1 is 1.00 bits per heavy atom. The lowest BCUT2D eigenvalue weighted by molar-refractivity contribution is -0.116. The molecule has 0 saturated heterocycles. The number of benzene rings is 2. The number of amides is 1. The van der Waals surface area contributed by atoms with Crippen LogP contribution in [-0.4, -0.2) is 23.0 Å². The van der Waals surface area contributed by atoms with E-state index in [1.807, 2.05) is 37.3 Å². The molecular formula is C20H20N2O3. The summed E-state index contributed by atoms with van der Waals surface area (Å²) < 4.78 is 6.96. The summed E-state index contributed by atoms with van der Waals surface area (Å²) in [6.07, 6.45) is 2.04. The summed E-state index contributed by atoms with van der Waals surface area (Å²) in [7, 11) is 0. The van der Waals surface area contributed by atoms with Gasteiger partial charge in [-0.05, 0) is 43.3 Å². The van der Waals surface area contributed by atoms with Crippen LogP contribution in [0.5, 0.6) is 5.75 Å². The summed E-state index contributed by atoms with van der Waals surface area (Å²) in [6.45, 7) is 2.52. The van der Waals surface area contributed by atoms with E-state index < -0.39 is 0 Å². The molecule has 1 heterocycles. The molecule has 3 rings (SSSR count). The highest BCUT2D eigenvalue weighted by Gasteiger charge is 2.11. The number of rotatable bonds is 6. The standard InChI is InChI=1S/C20H20N2O3/c1-2-25-17-9-7-16(8-10-17)21-19(23)11-12-20(24)22-14-13-15-5-3-4-6-18(15)22/h3-10,13-14H,2,11-12H2,1H3,(H,21,23). The Labute approximate surface area is 146 Å². The van der Waals surface area contributed by atoms with Crippen LogP contribution in [0.2, 0.25) is 0 Å². The van der Waals surface area contributed by atoms with Crippen molar-refractivity contribution >= 4 is 28.4 Å². The SMILES string of the molecule is CCOc1ccc(NC(=O)CCC(=O)n2ccc3ccccc32)cc1. The van der Waals surface area contributed by atoms with Gasteiger partial charge in [0, 0.05) is 30.1 Å². The summed E-state index contributed by atoms with van der Waals surface area (Å²) in [5, 5.41) is 3.80. The molecule has 0 aliphatic carbocycles. The number of ether oxygens (including phenoxy) is 1. The van der Waals surface area contributed by atoms with E-state index in [1.54, 1.807) is 35.0 Å². The van der Waals surface area contributed by atoms with Gasteiger partial charge in [-0.25, -0.2) is 0 Å². The topological polar surface area (TPSA) is 60.3 Å². The molecule has 1 N–H and O–H groups in total. The average molecular weight is 336 g/mol. The predicted octanol–water partition coefficient (Wildman–Crippen LogP) is 4.10. The third-order valence-electron chi connectivity index (χ3n) is 3.88. The first-order chi connectivity index (χ1) is 12.2. The van der Waals surface area contributed by atoms with E-state index in [0.717, 1.165) is 16.7 Å². The fourth-order valence-electron chi connectivity index (χ4n) is 2.67. The first-order valence-electron chi connectivity index (χ1n) is 8.29. The highest BCUT2D eigenvalue weighted by atomic mass is 16.5. The first-order valence-corrected chi connectivity index (χ1v) is 8.29. The van der Waals surface area contributed by atoms with Crippen LogP contribution >= 0.6 is 0 Å². The molecule has 2 aromatic carbocycles. The molecule has 0 bridgehead atoms. The molecule has 1 amide bonds. The number of nitrogens with zero attached hydrogens (tertiary/aromatic N) is 1. The van der Waals surface area contributed by atoms with Gasteiger partial charge in [0.1, 0.15) is 5.75 Å². The van der Waals surface area contributed by atoms with Gasteiger partial charge in [0.25, 0.3) is 0 Å². The van der Waals surface area contributed by atoms with Crippen molar-refractivity contribution in [3.63, 3.8) is 0 Å². The molecule has 0 saturated carbocycles. The third-order valence-corrected chi connectivity index (χ3v) is 3.88. The molecule has 0 unspecified atom stereocenters. The second-order valence-electron chi connectivity index (χ2n) is 5.64. The van der Waals surface area contributed by atoms with Gasteiger partial charge in [0.15, 0.2) is 0 Å². The fraction of sp³-hybridized carbons (Fsp3) is 0.200. The van der Waals surface area contributed by atoms with E-state index in [1.165, 1.54) is 0 Å². The molecule has 0 spiro atoms. The number of hydrogen-bond acceptors (Lipinski definition) is 3. The Kier molecular flexibility index (Phi) is 5.14. The van der Waals surface area contributed by atoms with Crippen molar-refractivity contribution in [3.8, 4) is 5.75 Å². The van der Waals surface area contributed by atoms with E-state index >= 15 is 0 Å². The molecule has 128 valence electrons. The minimum absolute atomic E-state index is 0.0944. The van der Waals surface area contributed by atoms with Crippen molar-refractivity contribution in [1.82, 2.24) is 4.57 Å². The van der Waals surface area contributed by atoms with Crippen LogP contribution in [0, 0.1) is 0 Å². The van der Waals surface area contributed by atoms with Crippen molar-refractivity contribution in [2.75, 3.05) is 11.9 Å². The monoisotopic (exact) mass is 336 g/mol. The molecule has 1 aromatic heterocycles. The highest BCUT2D eigenvalue weighted by Crippen LogP contribution is 2.17. The maximum absolute atomic E-state index is 12.4. The van der Waals surface area contributed by atoms with Gasteiger partial charge in [-0.1, -0.05) is 18.2 Å². The smallest absolute Gasteiger partial charge is 0.231 e. The number of nitrogens with one attached hydrogen (secondary N) is 1. The number of carbonyl (C=O) groups excluding carboxylic acids is 2. The molecular weight excluding hydrogens is 316 g/mol. The van der Waals surface area contributed by atoms with Gasteiger partial charge in [0.2, 0.25) is 11.8 Å². The van der Waals surface area contributed by atoms with Crippen LogP contribution in [0.3, 0.4) is 0 Å². The summed E-state index contributed by atoms with van der Waals surface area (Å²) in [5.41, 5.74) is 1.55. The summed E-state index contributed by atoms with van der Waals surface area (Å²) in [4.78, 5) is 24.4. The minimum atomic E-state index is -0.186. The number of carbonyl (C=O) groups is 2. The van der Waals surface area contributed by atoms with E-state index in [4.69, 9.17) is 4.74 Å². The van der Waals surface area contributed by atoms with Crippen molar-refractivity contribution in [1.29, 1.82) is 0 Å². The van der Waals surface area contributed by atoms with Crippen molar-refractivity contribution in [2.45, 2.75) is 19.8 Å². The van der Waals surface area contributed by atoms with Gasteiger partial charge >= 0.3 is 0 Å². The molecule has 5 heteroatoms. The van der Waals surface area contributed by atoms with Crippen LogP contribution in [-0.2, 0) is 4.79 Å². The van der Waals surface area contributed by atoms with Gasteiger partial charge in [-0.3, -0.25) is 14.2 Å². The number of aromatic nitrogens is 1. The maximum Gasteiger partial charge on any atom is 0.231 e. The molecule has 0 fully saturated rings. The zero-order chi connectivity index (χ0) is 17.6. The first kappa shape index (κ1) is 16.8. The number of anilines is 1. The van der Waals surface area contributed by atoms with E-state index in [-0.39, 0.29) is 24.7 Å². The zero-order valence-electron chi connectivity index (χ0n) is 14.1. The van der Waals surface area contributed by atoms with Crippen LogP contribution in [0.1, 0.15) is 24.6 Å². The normalized spacial score (nSPS) is 10.6. The number of hydrogen-bond donors (Lipinski definition) is 1. The van der Waals surface area contributed by atoms with Gasteiger partial charge in [-0.2, -0.15) is 0 Å². The highest BCUT2D eigenvalue weighted by molar-refractivity contribution is 5.96. The Balaban J connectivity index is 1.55. The van der Waals surface area contributed by atoms with Crippen molar-refractivity contribution < 1.29 is 14.3 Å². The summed E-state index contributed by atoms with van der Waals surface area (Å²) in [5.74, 6) is 0.479. The van der Waals surface area contributed by atoms with Crippen LogP contribution in [0.15, 0.2) is 60.8 Å². The Morgan fingerprint density at radius 3 is 2.52 bits per heavy atom. The summed E-state index contributed by atoms with van der Waals surface area (Å²) >= 11 is 0.